The maximum Gasteiger partial charge on any atom is 0.240 e. The lowest BCUT2D eigenvalue weighted by Crippen LogP contribution is -2.32. The molecule has 19 heavy (non-hydrogen) atoms. The van der Waals surface area contributed by atoms with Crippen molar-refractivity contribution in [2.75, 3.05) is 6.54 Å². The average Bonchev–Trinajstić information content (AvgIpc) is 2.35. The molecule has 0 amide bonds. The molecule has 0 aliphatic rings. The fourth-order valence-corrected chi connectivity index (χ4v) is 2.77. The first-order chi connectivity index (χ1) is 8.65. The molecule has 0 bridgehead atoms. The summed E-state index contributed by atoms with van der Waals surface area (Å²) in [7, 11) is -3.56. The third-order valence-electron chi connectivity index (χ3n) is 2.58. The Morgan fingerprint density at radius 3 is 2.42 bits per heavy atom. The highest BCUT2D eigenvalue weighted by molar-refractivity contribution is 7.89. The van der Waals surface area contributed by atoms with E-state index in [4.69, 9.17) is 0 Å². The molecule has 1 rings (SSSR count). The van der Waals surface area contributed by atoms with E-state index in [0.29, 0.717) is 18.5 Å². The van der Waals surface area contributed by atoms with Gasteiger partial charge >= 0.3 is 0 Å². The van der Waals surface area contributed by atoms with E-state index in [1.807, 2.05) is 20.8 Å². The lowest BCUT2D eigenvalue weighted by Gasteiger charge is -2.18. The van der Waals surface area contributed by atoms with Crippen LogP contribution in [0.15, 0.2) is 29.2 Å². The van der Waals surface area contributed by atoms with Gasteiger partial charge in [0.05, 0.1) is 4.90 Å². The first-order valence-corrected chi connectivity index (χ1v) is 7.77. The Balaban J connectivity index is 2.99. The molecule has 0 aromatic heterocycles. The first-order valence-electron chi connectivity index (χ1n) is 6.28. The maximum absolute atomic E-state index is 12.1. The number of hydrogen-bond acceptors (Lipinski definition) is 3. The number of nitrogens with one attached hydrogen (secondary N) is 1. The quantitative estimate of drug-likeness (QED) is 0.845. The Morgan fingerprint density at radius 1 is 1.26 bits per heavy atom. The number of ketones is 1. The van der Waals surface area contributed by atoms with Crippen LogP contribution in [0.3, 0.4) is 0 Å². The Hall–Kier alpha value is -1.20. The zero-order valence-corrected chi connectivity index (χ0v) is 12.7. The molecule has 0 aliphatic heterocycles. The minimum atomic E-state index is -3.56. The standard InChI is InChI=1S/C14H21NO3S/c1-5-13(16)11-7-6-8-12(9-11)19(17,18)15-10-14(2,3)4/h6-9,15H,5,10H2,1-4H3. The fourth-order valence-electron chi connectivity index (χ4n) is 1.44. The highest BCUT2D eigenvalue weighted by atomic mass is 32.2. The molecule has 1 aromatic rings. The zero-order chi connectivity index (χ0) is 14.7. The minimum Gasteiger partial charge on any atom is -0.294 e. The predicted molar refractivity (Wildman–Crippen MR) is 75.7 cm³/mol. The van der Waals surface area contributed by atoms with Gasteiger partial charge in [0.15, 0.2) is 5.78 Å². The van der Waals surface area contributed by atoms with Crippen LogP contribution >= 0.6 is 0 Å². The lowest BCUT2D eigenvalue weighted by atomic mass is 9.98. The van der Waals surface area contributed by atoms with E-state index in [1.165, 1.54) is 12.1 Å². The molecule has 1 aromatic carbocycles. The summed E-state index contributed by atoms with van der Waals surface area (Å²) in [5.74, 6) is -0.0622. The number of carbonyl (C=O) groups is 1. The highest BCUT2D eigenvalue weighted by Crippen LogP contribution is 2.16. The normalized spacial score (nSPS) is 12.4. The van der Waals surface area contributed by atoms with Crippen LogP contribution in [0.2, 0.25) is 0 Å². The molecule has 0 heterocycles. The number of sulfonamides is 1. The molecule has 0 unspecified atom stereocenters. The number of carbonyl (C=O) groups excluding carboxylic acids is 1. The predicted octanol–water partition coefficient (Wildman–Crippen LogP) is 2.60. The Morgan fingerprint density at radius 2 is 1.89 bits per heavy atom. The molecule has 0 atom stereocenters. The summed E-state index contributed by atoms with van der Waals surface area (Å²) in [5, 5.41) is 0. The summed E-state index contributed by atoms with van der Waals surface area (Å²) in [4.78, 5) is 11.7. The van der Waals surface area contributed by atoms with Gasteiger partial charge in [-0.15, -0.1) is 0 Å². The molecule has 106 valence electrons. The molecule has 0 fully saturated rings. The lowest BCUT2D eigenvalue weighted by molar-refractivity contribution is 0.0988. The minimum absolute atomic E-state index is 0.0622. The van der Waals surface area contributed by atoms with Crippen molar-refractivity contribution >= 4 is 15.8 Å². The van der Waals surface area contributed by atoms with E-state index in [-0.39, 0.29) is 16.1 Å². The molecular formula is C14H21NO3S. The van der Waals surface area contributed by atoms with Crippen LogP contribution in [0.1, 0.15) is 44.5 Å². The topological polar surface area (TPSA) is 63.2 Å². The van der Waals surface area contributed by atoms with Crippen molar-refractivity contribution in [3.05, 3.63) is 29.8 Å². The Bertz CT molecular complexity index is 556. The average molecular weight is 283 g/mol. The van der Waals surface area contributed by atoms with Gasteiger partial charge in [-0.25, -0.2) is 13.1 Å². The summed E-state index contributed by atoms with van der Waals surface area (Å²) in [6.07, 6.45) is 0.360. The molecule has 5 heteroatoms. The van der Waals surface area contributed by atoms with Crippen molar-refractivity contribution in [1.29, 1.82) is 0 Å². The van der Waals surface area contributed by atoms with E-state index in [1.54, 1.807) is 19.1 Å². The summed E-state index contributed by atoms with van der Waals surface area (Å²) >= 11 is 0. The van der Waals surface area contributed by atoms with E-state index in [0.717, 1.165) is 0 Å². The van der Waals surface area contributed by atoms with E-state index < -0.39 is 10.0 Å². The maximum atomic E-state index is 12.1. The zero-order valence-electron chi connectivity index (χ0n) is 11.9. The Labute approximate surface area is 115 Å². The number of Topliss-reactive ketones (excluding diaryl/α,β-unsaturated/α-hetero) is 1. The van der Waals surface area contributed by atoms with Crippen molar-refractivity contribution in [3.63, 3.8) is 0 Å². The molecule has 0 radical (unpaired) electrons. The summed E-state index contributed by atoms with van der Waals surface area (Å²) in [5.41, 5.74) is 0.297. The van der Waals surface area contributed by atoms with Gasteiger partial charge in [0.2, 0.25) is 10.0 Å². The van der Waals surface area contributed by atoms with Gasteiger partial charge in [0, 0.05) is 18.5 Å². The molecule has 1 N–H and O–H groups in total. The number of benzene rings is 1. The second-order valence-corrected chi connectivity index (χ2v) is 7.46. The summed E-state index contributed by atoms with van der Waals surface area (Å²) in [6, 6.07) is 6.15. The van der Waals surface area contributed by atoms with Crippen LogP contribution < -0.4 is 4.72 Å². The van der Waals surface area contributed by atoms with Gasteiger partial charge in [-0.2, -0.15) is 0 Å². The second-order valence-electron chi connectivity index (χ2n) is 5.69. The van der Waals surface area contributed by atoms with Crippen molar-refractivity contribution in [3.8, 4) is 0 Å². The van der Waals surface area contributed by atoms with Crippen molar-refractivity contribution in [2.45, 2.75) is 39.0 Å². The van der Waals surface area contributed by atoms with Crippen LogP contribution in [0, 0.1) is 5.41 Å². The van der Waals surface area contributed by atoms with Crippen molar-refractivity contribution in [1.82, 2.24) is 4.72 Å². The van der Waals surface area contributed by atoms with Crippen LogP contribution in [0.4, 0.5) is 0 Å². The largest absolute Gasteiger partial charge is 0.294 e. The highest BCUT2D eigenvalue weighted by Gasteiger charge is 2.19. The van der Waals surface area contributed by atoms with Gasteiger partial charge in [-0.05, 0) is 17.5 Å². The fraction of sp³-hybridized carbons (Fsp3) is 0.500. The van der Waals surface area contributed by atoms with E-state index in [2.05, 4.69) is 4.72 Å². The first kappa shape index (κ1) is 15.9. The van der Waals surface area contributed by atoms with Crippen molar-refractivity contribution < 1.29 is 13.2 Å². The molecule has 0 saturated heterocycles. The smallest absolute Gasteiger partial charge is 0.240 e. The summed E-state index contributed by atoms with van der Waals surface area (Å²) in [6.45, 7) is 7.95. The third-order valence-corrected chi connectivity index (χ3v) is 3.98. The third kappa shape index (κ3) is 4.76. The van der Waals surface area contributed by atoms with Gasteiger partial charge in [-0.1, -0.05) is 39.8 Å². The Kier molecular flexibility index (Phi) is 4.87. The molecule has 0 saturated carbocycles. The number of hydrogen-bond donors (Lipinski definition) is 1. The van der Waals surface area contributed by atoms with Gasteiger partial charge in [0.25, 0.3) is 0 Å². The molecule has 0 spiro atoms. The van der Waals surface area contributed by atoms with Gasteiger partial charge in [0.1, 0.15) is 0 Å². The molecule has 4 nitrogen and oxygen atoms in total. The molecular weight excluding hydrogens is 262 g/mol. The van der Waals surface area contributed by atoms with Crippen LogP contribution in [0.25, 0.3) is 0 Å². The van der Waals surface area contributed by atoms with Gasteiger partial charge in [-0.3, -0.25) is 4.79 Å². The number of rotatable bonds is 5. The van der Waals surface area contributed by atoms with E-state index >= 15 is 0 Å². The SMILES string of the molecule is CCC(=O)c1cccc(S(=O)(=O)NCC(C)(C)C)c1. The summed E-state index contributed by atoms with van der Waals surface area (Å²) < 4.78 is 26.8. The van der Waals surface area contributed by atoms with Crippen LogP contribution in [-0.2, 0) is 10.0 Å². The van der Waals surface area contributed by atoms with Crippen LogP contribution in [0.5, 0.6) is 0 Å². The van der Waals surface area contributed by atoms with Crippen LogP contribution in [-0.4, -0.2) is 20.7 Å². The van der Waals surface area contributed by atoms with E-state index in [9.17, 15) is 13.2 Å². The monoisotopic (exact) mass is 283 g/mol. The van der Waals surface area contributed by atoms with Gasteiger partial charge < -0.3 is 0 Å². The van der Waals surface area contributed by atoms with Crippen molar-refractivity contribution in [2.24, 2.45) is 5.41 Å². The second kappa shape index (κ2) is 5.84. The molecule has 0 aliphatic carbocycles.